The molecule has 2 saturated heterocycles. The Balaban J connectivity index is 1.49. The summed E-state index contributed by atoms with van der Waals surface area (Å²) in [5, 5.41) is 5.60. The lowest BCUT2D eigenvalue weighted by Gasteiger charge is -2.42. The molecule has 0 unspecified atom stereocenters. The summed E-state index contributed by atoms with van der Waals surface area (Å²) in [6.07, 6.45) is 0.416. The lowest BCUT2D eigenvalue weighted by molar-refractivity contribution is -0.141. The first-order valence-corrected chi connectivity index (χ1v) is 8.89. The van der Waals surface area contributed by atoms with Gasteiger partial charge in [-0.1, -0.05) is 6.92 Å². The number of benzene rings is 1. The van der Waals surface area contributed by atoms with Crippen molar-refractivity contribution in [1.29, 1.82) is 0 Å². The fourth-order valence-electron chi connectivity index (χ4n) is 3.12. The highest BCUT2D eigenvalue weighted by atomic mass is 16.5. The lowest BCUT2D eigenvalue weighted by Crippen LogP contribution is -2.64. The van der Waals surface area contributed by atoms with E-state index >= 15 is 0 Å². The summed E-state index contributed by atoms with van der Waals surface area (Å²) >= 11 is 0. The highest BCUT2D eigenvalue weighted by Gasteiger charge is 2.36. The normalized spacial score (nSPS) is 20.1. The number of carbonyl (C=O) groups is 3. The molecule has 1 aromatic carbocycles. The van der Waals surface area contributed by atoms with Crippen molar-refractivity contribution in [2.45, 2.75) is 19.4 Å². The molecule has 0 bridgehead atoms. The Labute approximate surface area is 152 Å². The van der Waals surface area contributed by atoms with Crippen molar-refractivity contribution in [3.63, 3.8) is 0 Å². The maximum Gasteiger partial charge on any atom is 0.260 e. The van der Waals surface area contributed by atoms with Crippen molar-refractivity contribution < 1.29 is 19.1 Å². The number of nitrogens with one attached hydrogen (secondary N) is 2. The van der Waals surface area contributed by atoms with Crippen molar-refractivity contribution in [2.75, 3.05) is 44.6 Å². The molecule has 1 aromatic rings. The van der Waals surface area contributed by atoms with Crippen LogP contribution in [0.15, 0.2) is 24.3 Å². The van der Waals surface area contributed by atoms with Crippen LogP contribution in [0.2, 0.25) is 0 Å². The number of hydrogen-bond acceptors (Lipinski definition) is 5. The molecule has 2 heterocycles. The van der Waals surface area contributed by atoms with Crippen LogP contribution in [0.4, 0.5) is 5.69 Å². The molecule has 1 atom stereocenters. The Kier molecular flexibility index (Phi) is 5.72. The molecule has 0 aliphatic carbocycles. The van der Waals surface area contributed by atoms with Crippen molar-refractivity contribution in [2.24, 2.45) is 0 Å². The van der Waals surface area contributed by atoms with Crippen LogP contribution in [0.5, 0.6) is 5.75 Å². The second-order valence-electron chi connectivity index (χ2n) is 6.40. The van der Waals surface area contributed by atoms with Gasteiger partial charge in [-0.3, -0.25) is 19.3 Å². The zero-order valence-corrected chi connectivity index (χ0v) is 14.9. The zero-order valence-electron chi connectivity index (χ0n) is 14.9. The summed E-state index contributed by atoms with van der Waals surface area (Å²) < 4.78 is 5.55. The number of amides is 3. The van der Waals surface area contributed by atoms with Crippen LogP contribution in [0.25, 0.3) is 0 Å². The number of carbonyl (C=O) groups excluding carboxylic acids is 3. The molecule has 0 aromatic heterocycles. The number of piperazine rings is 2. The number of hydrogen-bond donors (Lipinski definition) is 2. The van der Waals surface area contributed by atoms with Crippen LogP contribution >= 0.6 is 0 Å². The molecule has 3 amide bonds. The van der Waals surface area contributed by atoms with E-state index in [0.29, 0.717) is 44.0 Å². The highest BCUT2D eigenvalue weighted by molar-refractivity contribution is 5.90. The summed E-state index contributed by atoms with van der Waals surface area (Å²) in [5.41, 5.74) is 0.690. The minimum absolute atomic E-state index is 0.0145. The predicted molar refractivity (Wildman–Crippen MR) is 95.8 cm³/mol. The molecular weight excluding hydrogens is 336 g/mol. The van der Waals surface area contributed by atoms with Crippen molar-refractivity contribution in [1.82, 2.24) is 15.1 Å². The summed E-state index contributed by atoms with van der Waals surface area (Å²) in [5.74, 6) is 0.354. The average Bonchev–Trinajstić information content (AvgIpc) is 2.67. The summed E-state index contributed by atoms with van der Waals surface area (Å²) in [6, 6.07) is 6.63. The van der Waals surface area contributed by atoms with Crippen LogP contribution in [-0.2, 0) is 14.4 Å². The molecule has 8 nitrogen and oxygen atoms in total. The molecule has 3 rings (SSSR count). The Morgan fingerprint density at radius 2 is 2.00 bits per heavy atom. The van der Waals surface area contributed by atoms with E-state index in [1.165, 1.54) is 0 Å². The molecule has 2 aliphatic rings. The Hall–Kier alpha value is -2.61. The quantitative estimate of drug-likeness (QED) is 0.775. The van der Waals surface area contributed by atoms with Crippen molar-refractivity contribution >= 4 is 23.4 Å². The van der Waals surface area contributed by atoms with Gasteiger partial charge >= 0.3 is 0 Å². The van der Waals surface area contributed by atoms with Crippen LogP contribution in [0.1, 0.15) is 13.3 Å². The molecule has 2 N–H and O–H groups in total. The van der Waals surface area contributed by atoms with E-state index in [1.807, 2.05) is 0 Å². The van der Waals surface area contributed by atoms with Gasteiger partial charge in [-0.05, 0) is 24.3 Å². The molecule has 2 aliphatic heterocycles. The molecule has 26 heavy (non-hydrogen) atoms. The topological polar surface area (TPSA) is 91.0 Å². The maximum absolute atomic E-state index is 12.4. The van der Waals surface area contributed by atoms with Gasteiger partial charge in [0, 0.05) is 44.8 Å². The van der Waals surface area contributed by atoms with E-state index in [0.717, 1.165) is 6.54 Å². The number of nitrogens with zero attached hydrogens (tertiary/aromatic N) is 2. The van der Waals surface area contributed by atoms with Gasteiger partial charge < -0.3 is 20.3 Å². The number of ether oxygens (including phenoxy) is 1. The SMILES string of the molecule is CCC(=O)Nc1ccc(OCC(=O)N2CCN3CCNC(=O)[C@@H]3C2)cc1. The second-order valence-corrected chi connectivity index (χ2v) is 6.40. The minimum Gasteiger partial charge on any atom is -0.484 e. The summed E-state index contributed by atoms with van der Waals surface area (Å²) in [4.78, 5) is 39.5. The molecular formula is C18H24N4O4. The van der Waals surface area contributed by atoms with Crippen LogP contribution in [0.3, 0.4) is 0 Å². The average molecular weight is 360 g/mol. The molecule has 140 valence electrons. The first kappa shape index (κ1) is 18.2. The van der Waals surface area contributed by atoms with E-state index < -0.39 is 0 Å². The first-order valence-electron chi connectivity index (χ1n) is 8.89. The predicted octanol–water partition coefficient (Wildman–Crippen LogP) is 0.0565. The smallest absolute Gasteiger partial charge is 0.260 e. The third-order valence-corrected chi connectivity index (χ3v) is 4.67. The van der Waals surface area contributed by atoms with Gasteiger partial charge in [0.05, 0.1) is 0 Å². The highest BCUT2D eigenvalue weighted by Crippen LogP contribution is 2.17. The Morgan fingerprint density at radius 3 is 2.73 bits per heavy atom. The molecule has 0 saturated carbocycles. The van der Waals surface area contributed by atoms with Gasteiger partial charge in [0.25, 0.3) is 5.91 Å². The standard InChI is InChI=1S/C18H24N4O4/c1-2-16(23)20-13-3-5-14(6-4-13)26-12-17(24)22-10-9-21-8-7-19-18(25)15(21)11-22/h3-6,15H,2,7-12H2,1H3,(H,19,25)(H,20,23)/t15-/m0/s1. The Morgan fingerprint density at radius 1 is 1.23 bits per heavy atom. The first-order chi connectivity index (χ1) is 12.6. The van der Waals surface area contributed by atoms with Crippen LogP contribution in [-0.4, -0.2) is 72.9 Å². The summed E-state index contributed by atoms with van der Waals surface area (Å²) in [6.45, 7) is 4.92. The molecule has 2 fully saturated rings. The van der Waals surface area contributed by atoms with Crippen molar-refractivity contribution in [3.8, 4) is 5.75 Å². The van der Waals surface area contributed by atoms with Gasteiger partial charge in [0.1, 0.15) is 11.8 Å². The zero-order chi connectivity index (χ0) is 18.5. The Bertz CT molecular complexity index is 676. The van der Waals surface area contributed by atoms with Crippen molar-refractivity contribution in [3.05, 3.63) is 24.3 Å². The van der Waals surface area contributed by atoms with Gasteiger partial charge in [-0.15, -0.1) is 0 Å². The van der Waals surface area contributed by atoms with E-state index in [4.69, 9.17) is 4.74 Å². The third-order valence-electron chi connectivity index (χ3n) is 4.67. The van der Waals surface area contributed by atoms with Gasteiger partial charge in [0.2, 0.25) is 11.8 Å². The number of fused-ring (bicyclic) bond motifs is 1. The van der Waals surface area contributed by atoms with E-state index in [1.54, 1.807) is 36.1 Å². The third kappa shape index (κ3) is 4.32. The summed E-state index contributed by atoms with van der Waals surface area (Å²) in [7, 11) is 0. The largest absolute Gasteiger partial charge is 0.484 e. The van der Waals surface area contributed by atoms with Crippen LogP contribution in [0, 0.1) is 0 Å². The number of rotatable bonds is 5. The van der Waals surface area contributed by atoms with Gasteiger partial charge in [0.15, 0.2) is 6.61 Å². The minimum atomic E-state index is -0.261. The van der Waals surface area contributed by atoms with Crippen LogP contribution < -0.4 is 15.4 Å². The van der Waals surface area contributed by atoms with Gasteiger partial charge in [-0.25, -0.2) is 0 Å². The monoisotopic (exact) mass is 360 g/mol. The van der Waals surface area contributed by atoms with E-state index in [2.05, 4.69) is 15.5 Å². The molecule has 8 heteroatoms. The van der Waals surface area contributed by atoms with E-state index in [9.17, 15) is 14.4 Å². The molecule has 0 radical (unpaired) electrons. The molecule has 0 spiro atoms. The number of anilines is 1. The van der Waals surface area contributed by atoms with E-state index in [-0.39, 0.29) is 30.4 Å². The fourth-order valence-corrected chi connectivity index (χ4v) is 3.12. The van der Waals surface area contributed by atoms with Gasteiger partial charge in [-0.2, -0.15) is 0 Å². The fraction of sp³-hybridized carbons (Fsp3) is 0.500. The maximum atomic E-state index is 12.4. The second kappa shape index (κ2) is 8.18. The lowest BCUT2D eigenvalue weighted by atomic mass is 10.1.